The Kier molecular flexibility index (Phi) is 4.48. The van der Waals surface area contributed by atoms with Crippen LogP contribution in [0.25, 0.3) is 0 Å². The molecular weight excluding hydrogens is 212 g/mol. The first-order valence-corrected chi connectivity index (χ1v) is 6.22. The van der Waals surface area contributed by atoms with E-state index in [0.29, 0.717) is 6.54 Å². The van der Waals surface area contributed by atoms with Gasteiger partial charge in [0, 0.05) is 6.54 Å². The summed E-state index contributed by atoms with van der Waals surface area (Å²) in [7, 11) is 0. The monoisotopic (exact) mass is 230 g/mol. The van der Waals surface area contributed by atoms with Gasteiger partial charge in [-0.05, 0) is 37.1 Å². The molecule has 1 aromatic carbocycles. The van der Waals surface area contributed by atoms with Gasteiger partial charge >= 0.3 is 0 Å². The Morgan fingerprint density at radius 1 is 1.06 bits per heavy atom. The molecule has 0 N–H and O–H groups in total. The number of carbonyl (C=O) groups excluding carboxylic acids is 1. The van der Waals surface area contributed by atoms with Gasteiger partial charge in [0.15, 0.2) is 0 Å². The van der Waals surface area contributed by atoms with Crippen molar-refractivity contribution >= 4 is 6.08 Å². The van der Waals surface area contributed by atoms with Crippen LogP contribution in [-0.4, -0.2) is 24.1 Å². The van der Waals surface area contributed by atoms with E-state index in [1.54, 1.807) is 6.08 Å². The average Bonchev–Trinajstić information content (AvgIpc) is 2.39. The summed E-state index contributed by atoms with van der Waals surface area (Å²) in [5.41, 5.74) is 2.40. The summed E-state index contributed by atoms with van der Waals surface area (Å²) < 4.78 is 0. The van der Waals surface area contributed by atoms with Gasteiger partial charge in [-0.3, -0.25) is 4.90 Å². The normalized spacial score (nSPS) is 16.5. The Morgan fingerprint density at radius 3 is 2.35 bits per heavy atom. The van der Waals surface area contributed by atoms with Crippen molar-refractivity contribution < 1.29 is 4.79 Å². The third kappa shape index (κ3) is 3.81. The summed E-state index contributed by atoms with van der Waals surface area (Å²) in [4.78, 5) is 16.1. The van der Waals surface area contributed by atoms with E-state index in [1.807, 2.05) is 12.1 Å². The Hall–Kier alpha value is -1.44. The second-order valence-corrected chi connectivity index (χ2v) is 4.56. The van der Waals surface area contributed by atoms with E-state index < -0.39 is 0 Å². The van der Waals surface area contributed by atoms with Crippen LogP contribution in [0.3, 0.4) is 0 Å². The van der Waals surface area contributed by atoms with Crippen LogP contribution < -0.4 is 0 Å². The van der Waals surface area contributed by atoms with Gasteiger partial charge in [0.05, 0.1) is 6.54 Å². The summed E-state index contributed by atoms with van der Waals surface area (Å²) in [6.07, 6.45) is 5.59. The molecule has 17 heavy (non-hydrogen) atoms. The fourth-order valence-electron chi connectivity index (χ4n) is 2.25. The minimum atomic E-state index is 0.438. The van der Waals surface area contributed by atoms with Crippen molar-refractivity contribution in [1.29, 1.82) is 0 Å². The standard InChI is InChI=1S/C14H18N2O/c17-12-15-10-13-4-6-14(7-5-13)11-16-8-2-1-3-9-16/h4-7H,1-3,8-11H2. The molecule has 3 heteroatoms. The summed E-state index contributed by atoms with van der Waals surface area (Å²) in [5, 5.41) is 0. The molecule has 0 atom stereocenters. The van der Waals surface area contributed by atoms with Gasteiger partial charge in [-0.15, -0.1) is 0 Å². The van der Waals surface area contributed by atoms with Crippen LogP contribution in [0, 0.1) is 0 Å². The first-order valence-electron chi connectivity index (χ1n) is 6.22. The fourth-order valence-corrected chi connectivity index (χ4v) is 2.25. The number of nitrogens with zero attached hydrogens (tertiary/aromatic N) is 2. The van der Waals surface area contributed by atoms with E-state index >= 15 is 0 Å². The van der Waals surface area contributed by atoms with Gasteiger partial charge in [-0.25, -0.2) is 9.79 Å². The third-order valence-corrected chi connectivity index (χ3v) is 3.20. The van der Waals surface area contributed by atoms with Crippen LogP contribution in [0.4, 0.5) is 0 Å². The Bertz CT molecular complexity index is 387. The molecular formula is C14H18N2O. The molecule has 0 saturated carbocycles. The molecule has 1 aliphatic rings. The van der Waals surface area contributed by atoms with Crippen LogP contribution in [0.5, 0.6) is 0 Å². The maximum absolute atomic E-state index is 10.0. The smallest absolute Gasteiger partial charge is 0.235 e. The highest BCUT2D eigenvalue weighted by molar-refractivity contribution is 5.34. The van der Waals surface area contributed by atoms with Crippen LogP contribution in [0.2, 0.25) is 0 Å². The van der Waals surface area contributed by atoms with Gasteiger partial charge in [-0.1, -0.05) is 30.7 Å². The van der Waals surface area contributed by atoms with Crippen molar-refractivity contribution in [2.45, 2.75) is 32.4 Å². The lowest BCUT2D eigenvalue weighted by molar-refractivity contribution is 0.221. The molecule has 1 aromatic rings. The molecule has 3 nitrogen and oxygen atoms in total. The van der Waals surface area contributed by atoms with Gasteiger partial charge in [0.1, 0.15) is 0 Å². The van der Waals surface area contributed by atoms with Crippen LogP contribution in [-0.2, 0) is 17.9 Å². The molecule has 1 saturated heterocycles. The number of benzene rings is 1. The molecule has 1 heterocycles. The van der Waals surface area contributed by atoms with Crippen molar-refractivity contribution in [3.8, 4) is 0 Å². The number of rotatable bonds is 4. The zero-order valence-corrected chi connectivity index (χ0v) is 10.1. The fraction of sp³-hybridized carbons (Fsp3) is 0.500. The van der Waals surface area contributed by atoms with Crippen molar-refractivity contribution in [1.82, 2.24) is 4.90 Å². The maximum atomic E-state index is 10.0. The summed E-state index contributed by atoms with van der Waals surface area (Å²) in [5.74, 6) is 0. The number of isocyanates is 1. The lowest BCUT2D eigenvalue weighted by Crippen LogP contribution is -2.29. The second kappa shape index (κ2) is 6.33. The number of hydrogen-bond acceptors (Lipinski definition) is 3. The first kappa shape index (κ1) is 12.0. The Labute approximate surface area is 102 Å². The van der Waals surface area contributed by atoms with E-state index in [1.165, 1.54) is 37.9 Å². The SMILES string of the molecule is O=C=NCc1ccc(CN2CCCCC2)cc1. The molecule has 0 unspecified atom stereocenters. The van der Waals surface area contributed by atoms with Gasteiger partial charge < -0.3 is 0 Å². The van der Waals surface area contributed by atoms with Crippen molar-refractivity contribution in [2.75, 3.05) is 13.1 Å². The first-order chi connectivity index (χ1) is 8.38. The van der Waals surface area contributed by atoms with E-state index in [0.717, 1.165) is 12.1 Å². The largest absolute Gasteiger partial charge is 0.299 e. The summed E-state index contributed by atoms with van der Waals surface area (Å²) >= 11 is 0. The highest BCUT2D eigenvalue weighted by Crippen LogP contribution is 2.13. The van der Waals surface area contributed by atoms with Crippen molar-refractivity contribution in [3.05, 3.63) is 35.4 Å². The molecule has 1 aliphatic heterocycles. The zero-order chi connectivity index (χ0) is 11.9. The molecule has 0 aromatic heterocycles. The minimum Gasteiger partial charge on any atom is -0.299 e. The second-order valence-electron chi connectivity index (χ2n) is 4.56. The summed E-state index contributed by atoms with van der Waals surface area (Å²) in [6, 6.07) is 8.34. The average molecular weight is 230 g/mol. The summed E-state index contributed by atoms with van der Waals surface area (Å²) in [6.45, 7) is 3.92. The van der Waals surface area contributed by atoms with E-state index in [9.17, 15) is 4.79 Å². The number of piperidine rings is 1. The predicted molar refractivity (Wildman–Crippen MR) is 67.4 cm³/mol. The van der Waals surface area contributed by atoms with Crippen LogP contribution in [0.1, 0.15) is 30.4 Å². The molecule has 0 bridgehead atoms. The predicted octanol–water partition coefficient (Wildman–Crippen LogP) is 2.51. The Balaban J connectivity index is 1.90. The minimum absolute atomic E-state index is 0.438. The lowest BCUT2D eigenvalue weighted by Gasteiger charge is -2.26. The number of likely N-dealkylation sites (tertiary alicyclic amines) is 1. The molecule has 1 fully saturated rings. The maximum Gasteiger partial charge on any atom is 0.235 e. The molecule has 0 radical (unpaired) electrons. The van der Waals surface area contributed by atoms with Gasteiger partial charge in [-0.2, -0.15) is 0 Å². The van der Waals surface area contributed by atoms with E-state index in [4.69, 9.17) is 0 Å². The zero-order valence-electron chi connectivity index (χ0n) is 10.1. The van der Waals surface area contributed by atoms with Crippen LogP contribution >= 0.6 is 0 Å². The molecule has 2 rings (SSSR count). The van der Waals surface area contributed by atoms with Crippen molar-refractivity contribution in [2.24, 2.45) is 4.99 Å². The topological polar surface area (TPSA) is 32.7 Å². The number of hydrogen-bond donors (Lipinski definition) is 0. The molecule has 90 valence electrons. The highest BCUT2D eigenvalue weighted by Gasteiger charge is 2.09. The molecule has 0 amide bonds. The number of aliphatic imine (C=N–C) groups is 1. The van der Waals surface area contributed by atoms with E-state index in [2.05, 4.69) is 22.0 Å². The highest BCUT2D eigenvalue weighted by atomic mass is 16.1. The van der Waals surface area contributed by atoms with Crippen LogP contribution in [0.15, 0.2) is 29.3 Å². The quantitative estimate of drug-likeness (QED) is 0.588. The van der Waals surface area contributed by atoms with Crippen molar-refractivity contribution in [3.63, 3.8) is 0 Å². The van der Waals surface area contributed by atoms with Gasteiger partial charge in [0.2, 0.25) is 6.08 Å². The Morgan fingerprint density at radius 2 is 1.71 bits per heavy atom. The van der Waals surface area contributed by atoms with E-state index in [-0.39, 0.29) is 0 Å². The third-order valence-electron chi connectivity index (χ3n) is 3.20. The molecule has 0 aliphatic carbocycles. The molecule has 0 spiro atoms. The van der Waals surface area contributed by atoms with Gasteiger partial charge in [0.25, 0.3) is 0 Å². The lowest BCUT2D eigenvalue weighted by atomic mass is 10.1.